The minimum absolute atomic E-state index is 0.112. The van der Waals surface area contributed by atoms with E-state index in [9.17, 15) is 41.2 Å². The Morgan fingerprint density at radius 2 is 1.56 bits per heavy atom. The van der Waals surface area contributed by atoms with Crippen molar-refractivity contribution in [3.05, 3.63) is 106 Å². The second-order valence-electron chi connectivity index (χ2n) is 11.8. The minimum Gasteiger partial charge on any atom is -0.569 e. The molecular formula is C32H30F3N7O7S. The minimum atomic E-state index is -4.74. The van der Waals surface area contributed by atoms with E-state index in [0.29, 0.717) is 10.6 Å². The number of alkyl halides is 3. The van der Waals surface area contributed by atoms with Crippen LogP contribution in [0.15, 0.2) is 89.0 Å². The van der Waals surface area contributed by atoms with Crippen LogP contribution in [0.25, 0.3) is 16.9 Å². The zero-order valence-corrected chi connectivity index (χ0v) is 28.0. The molecule has 1 atom stereocenters. The molecule has 18 heteroatoms. The third kappa shape index (κ3) is 6.73. The van der Waals surface area contributed by atoms with Crippen LogP contribution in [0.2, 0.25) is 0 Å². The summed E-state index contributed by atoms with van der Waals surface area (Å²) < 4.78 is 70.0. The van der Waals surface area contributed by atoms with E-state index < -0.39 is 56.3 Å². The van der Waals surface area contributed by atoms with E-state index in [-0.39, 0.29) is 27.5 Å². The first-order valence-corrected chi connectivity index (χ1v) is 16.3. The first-order valence-electron chi connectivity index (χ1n) is 14.8. The molecule has 1 unspecified atom stereocenters. The van der Waals surface area contributed by atoms with Crippen LogP contribution < -0.4 is 4.72 Å². The highest BCUT2D eigenvalue weighted by molar-refractivity contribution is 7.90. The summed E-state index contributed by atoms with van der Waals surface area (Å²) in [7, 11) is -3.44. The Hall–Kier alpha value is -5.78. The first kappa shape index (κ1) is 35.5. The number of rotatable bonds is 10. The van der Waals surface area contributed by atoms with E-state index in [4.69, 9.17) is 4.84 Å². The van der Waals surface area contributed by atoms with Gasteiger partial charge in [-0.2, -0.15) is 18.3 Å². The predicted octanol–water partition coefficient (Wildman–Crippen LogP) is 4.83. The van der Waals surface area contributed by atoms with Gasteiger partial charge in [-0.15, -0.1) is 5.01 Å². The molecule has 0 aliphatic carbocycles. The molecule has 4 aromatic rings. The normalized spacial score (nSPS) is 14.4. The standard InChI is InChI=1S/C32H30F3N7O7S/c1-19-10-12-21(13-11-19)26-18-27(32(33,34)35)36-41(26)22-14-16-23(17-15-22)50(47,48)37-30(45)31(3,4)39(5)42(46)38-49-20(2)40-28(43)24-8-6-7-9-25(24)29(40)44/h6-18,20H,1-5H3,(H,37,45)/b42-38-. The van der Waals surface area contributed by atoms with Crippen molar-refractivity contribution in [3.8, 4) is 16.9 Å². The fraction of sp³-hybridized carbons (Fsp3) is 0.250. The number of nitrogens with zero attached hydrogens (tertiary/aromatic N) is 6. The zero-order chi connectivity index (χ0) is 36.8. The maximum absolute atomic E-state index is 13.6. The lowest BCUT2D eigenvalue weighted by Gasteiger charge is -2.29. The van der Waals surface area contributed by atoms with Crippen LogP contribution in [-0.2, 0) is 25.8 Å². The SMILES string of the molecule is Cc1ccc(-c2cc(C(F)(F)F)nn2-c2ccc(S(=O)(=O)NC(=O)C(C)(C)N(C)/[N+]([O-])=N/OC(C)N3C(=O)c4ccccc4C3=O)cc2)cc1. The van der Waals surface area contributed by atoms with Crippen molar-refractivity contribution >= 4 is 27.7 Å². The fourth-order valence-electron chi connectivity index (χ4n) is 4.83. The van der Waals surface area contributed by atoms with Gasteiger partial charge in [0.1, 0.15) is 0 Å². The van der Waals surface area contributed by atoms with Crippen molar-refractivity contribution in [2.24, 2.45) is 5.28 Å². The van der Waals surface area contributed by atoms with Gasteiger partial charge in [-0.3, -0.25) is 14.4 Å². The van der Waals surface area contributed by atoms with Crippen molar-refractivity contribution in [3.63, 3.8) is 0 Å². The number of hydrazine groups is 1. The Morgan fingerprint density at radius 1 is 1.00 bits per heavy atom. The van der Waals surface area contributed by atoms with Gasteiger partial charge in [0.2, 0.25) is 11.5 Å². The zero-order valence-electron chi connectivity index (χ0n) is 27.2. The molecule has 0 radical (unpaired) electrons. The maximum atomic E-state index is 13.6. The number of imide groups is 1. The summed E-state index contributed by atoms with van der Waals surface area (Å²) in [6.45, 7) is 5.57. The molecule has 1 aromatic heterocycles. The molecule has 14 nitrogen and oxygen atoms in total. The molecule has 3 amide bonds. The van der Waals surface area contributed by atoms with Crippen LogP contribution in [-0.4, -0.2) is 69.6 Å². The number of aromatic nitrogens is 2. The average Bonchev–Trinajstić information content (AvgIpc) is 3.63. The quantitative estimate of drug-likeness (QED) is 0.105. The predicted molar refractivity (Wildman–Crippen MR) is 169 cm³/mol. The molecular weight excluding hydrogens is 683 g/mol. The summed E-state index contributed by atoms with van der Waals surface area (Å²) in [5.74, 6) is -2.46. The highest BCUT2D eigenvalue weighted by Gasteiger charge is 2.42. The van der Waals surface area contributed by atoms with Gasteiger partial charge in [-0.05, 0) is 70.2 Å². The van der Waals surface area contributed by atoms with Crippen LogP contribution in [0.5, 0.6) is 0 Å². The Bertz CT molecular complexity index is 2080. The van der Waals surface area contributed by atoms with E-state index in [2.05, 4.69) is 10.4 Å². The number of hydrogen-bond acceptors (Lipinski definition) is 9. The molecule has 0 bridgehead atoms. The molecule has 0 spiro atoms. The summed E-state index contributed by atoms with van der Waals surface area (Å²) >= 11 is 0. The largest absolute Gasteiger partial charge is 0.569 e. The topological polar surface area (TPSA) is 169 Å². The third-order valence-electron chi connectivity index (χ3n) is 8.05. The van der Waals surface area contributed by atoms with Crippen LogP contribution >= 0.6 is 0 Å². The summed E-state index contributed by atoms with van der Waals surface area (Å²) in [6, 6.07) is 18.3. The molecule has 0 saturated heterocycles. The van der Waals surface area contributed by atoms with Gasteiger partial charge >= 0.3 is 6.18 Å². The van der Waals surface area contributed by atoms with Gasteiger partial charge in [-0.25, -0.2) is 22.7 Å². The second-order valence-corrected chi connectivity index (χ2v) is 13.4. The monoisotopic (exact) mass is 713 g/mol. The number of carbonyl (C=O) groups is 3. The number of sulfonamides is 1. The van der Waals surface area contributed by atoms with Crippen LogP contribution in [0.1, 0.15) is 52.7 Å². The number of fused-ring (bicyclic) bond motifs is 1. The van der Waals surface area contributed by atoms with E-state index >= 15 is 0 Å². The average molecular weight is 714 g/mol. The van der Waals surface area contributed by atoms with Crippen LogP contribution in [0, 0.1) is 12.1 Å². The Morgan fingerprint density at radius 3 is 2.10 bits per heavy atom. The lowest BCUT2D eigenvalue weighted by Crippen LogP contribution is -2.56. The number of nitrogens with one attached hydrogen (secondary N) is 1. The van der Waals surface area contributed by atoms with Crippen molar-refractivity contribution in [2.75, 3.05) is 7.05 Å². The number of hydrogen-bond donors (Lipinski definition) is 1. The molecule has 1 aliphatic rings. The Balaban J connectivity index is 1.29. The number of benzene rings is 3. The van der Waals surface area contributed by atoms with Crippen molar-refractivity contribution in [1.29, 1.82) is 0 Å². The number of amides is 3. The van der Waals surface area contributed by atoms with E-state index in [1.165, 1.54) is 45.0 Å². The molecule has 1 aliphatic heterocycles. The molecule has 1 N–H and O–H groups in total. The summed E-state index contributed by atoms with van der Waals surface area (Å²) in [5, 5.41) is 20.5. The molecule has 3 aromatic carbocycles. The van der Waals surface area contributed by atoms with Gasteiger partial charge in [0.15, 0.2) is 11.2 Å². The van der Waals surface area contributed by atoms with Crippen molar-refractivity contribution in [2.45, 2.75) is 50.5 Å². The lowest BCUT2D eigenvalue weighted by atomic mass is 10.1. The van der Waals surface area contributed by atoms with Crippen molar-refractivity contribution < 1.29 is 45.8 Å². The Labute approximate surface area is 283 Å². The molecule has 0 saturated carbocycles. The van der Waals surface area contributed by atoms with E-state index in [1.54, 1.807) is 36.4 Å². The van der Waals surface area contributed by atoms with Gasteiger partial charge in [0, 0.05) is 5.56 Å². The number of aryl methyl sites for hydroxylation is 1. The molecule has 50 heavy (non-hydrogen) atoms. The van der Waals surface area contributed by atoms with E-state index in [1.807, 2.05) is 11.6 Å². The second kappa shape index (κ2) is 12.9. The lowest BCUT2D eigenvalue weighted by molar-refractivity contribution is -0.718. The Kier molecular flexibility index (Phi) is 9.18. The van der Waals surface area contributed by atoms with Crippen LogP contribution in [0.4, 0.5) is 13.2 Å². The van der Waals surface area contributed by atoms with Gasteiger partial charge in [0.25, 0.3) is 27.7 Å². The molecule has 0 fully saturated rings. The highest BCUT2D eigenvalue weighted by Crippen LogP contribution is 2.33. The number of likely N-dealkylation sites (N-methyl/N-ethyl adjacent to an activating group) is 1. The van der Waals surface area contributed by atoms with E-state index in [0.717, 1.165) is 40.4 Å². The van der Waals surface area contributed by atoms with Gasteiger partial charge in [0.05, 0.1) is 39.4 Å². The fourth-order valence-corrected chi connectivity index (χ4v) is 5.93. The summed E-state index contributed by atoms with van der Waals surface area (Å²) in [4.78, 5) is 43.8. The van der Waals surface area contributed by atoms with Crippen LogP contribution in [0.3, 0.4) is 0 Å². The van der Waals surface area contributed by atoms with Gasteiger partial charge in [-0.1, -0.05) is 42.0 Å². The summed E-state index contributed by atoms with van der Waals surface area (Å²) in [6.07, 6.45) is -6.06. The smallest absolute Gasteiger partial charge is 0.435 e. The molecule has 5 rings (SSSR count). The molecule has 262 valence electrons. The third-order valence-corrected chi connectivity index (χ3v) is 9.39. The first-order chi connectivity index (χ1) is 23.3. The number of carbonyl (C=O) groups excluding carboxylic acids is 3. The maximum Gasteiger partial charge on any atom is 0.435 e. The van der Waals surface area contributed by atoms with Gasteiger partial charge < -0.3 is 10.0 Å². The number of halogens is 3. The summed E-state index contributed by atoms with van der Waals surface area (Å²) in [5.41, 5.74) is -1.15. The highest BCUT2D eigenvalue weighted by atomic mass is 32.2. The molecule has 2 heterocycles. The van der Waals surface area contributed by atoms with Crippen molar-refractivity contribution in [1.82, 2.24) is 24.4 Å².